The molecule has 1 atom stereocenters. The van der Waals surface area contributed by atoms with Gasteiger partial charge in [-0.3, -0.25) is 0 Å². The lowest BCUT2D eigenvalue weighted by Crippen LogP contribution is -2.51. The van der Waals surface area contributed by atoms with Crippen LogP contribution in [0.2, 0.25) is 0 Å². The lowest BCUT2D eigenvalue weighted by Gasteiger charge is -2.36. The third kappa shape index (κ3) is 2.99. The van der Waals surface area contributed by atoms with Crippen molar-refractivity contribution in [3.8, 4) is 0 Å². The van der Waals surface area contributed by atoms with Gasteiger partial charge in [0.1, 0.15) is 0 Å². The van der Waals surface area contributed by atoms with Crippen molar-refractivity contribution < 1.29 is 13.2 Å². The minimum absolute atomic E-state index is 0.496. The monoisotopic (exact) mass is 262 g/mol. The number of ether oxygens (including phenoxy) is 1. The number of piperidine rings is 1. The molecule has 2 heterocycles. The molecule has 17 heavy (non-hydrogen) atoms. The molecule has 0 aromatic rings. The normalized spacial score (nSPS) is 29.4. The Morgan fingerprint density at radius 3 is 2.53 bits per heavy atom. The summed E-state index contributed by atoms with van der Waals surface area (Å²) in [5, 5.41) is 0. The van der Waals surface area contributed by atoms with Crippen LogP contribution in [0.5, 0.6) is 0 Å². The molecule has 2 saturated heterocycles. The second-order valence-electron chi connectivity index (χ2n) is 4.79. The van der Waals surface area contributed by atoms with Crippen LogP contribution in [0.15, 0.2) is 0 Å². The smallest absolute Gasteiger partial charge is 0.282 e. The predicted octanol–water partition coefficient (Wildman–Crippen LogP) is 0.685. The van der Waals surface area contributed by atoms with Crippen LogP contribution >= 0.6 is 0 Å². The average molecular weight is 262 g/mol. The molecular formula is C11H22N2O3S. The summed E-state index contributed by atoms with van der Waals surface area (Å²) in [6, 6.07) is 0. The topological polar surface area (TPSA) is 49.9 Å². The van der Waals surface area contributed by atoms with Crippen molar-refractivity contribution in [2.45, 2.75) is 26.2 Å². The average Bonchev–Trinajstić information content (AvgIpc) is 2.40. The molecule has 0 aromatic heterocycles. The van der Waals surface area contributed by atoms with Gasteiger partial charge in [-0.2, -0.15) is 17.0 Å². The van der Waals surface area contributed by atoms with Crippen LogP contribution in [-0.4, -0.2) is 56.4 Å². The molecule has 2 fully saturated rings. The van der Waals surface area contributed by atoms with Gasteiger partial charge in [-0.1, -0.05) is 13.3 Å². The highest BCUT2D eigenvalue weighted by Crippen LogP contribution is 2.23. The number of nitrogens with zero attached hydrogens (tertiary/aromatic N) is 2. The van der Waals surface area contributed by atoms with E-state index in [2.05, 4.69) is 6.92 Å². The van der Waals surface area contributed by atoms with Crippen molar-refractivity contribution in [2.75, 3.05) is 39.4 Å². The Balaban J connectivity index is 2.03. The summed E-state index contributed by atoms with van der Waals surface area (Å²) in [5.41, 5.74) is 0. The van der Waals surface area contributed by atoms with Gasteiger partial charge in [0.15, 0.2) is 0 Å². The van der Waals surface area contributed by atoms with Crippen LogP contribution in [-0.2, 0) is 14.9 Å². The number of hydrogen-bond acceptors (Lipinski definition) is 3. The minimum Gasteiger partial charge on any atom is -0.379 e. The van der Waals surface area contributed by atoms with Crippen LogP contribution in [0.1, 0.15) is 26.2 Å². The molecule has 0 saturated carbocycles. The minimum atomic E-state index is -3.24. The molecule has 0 aliphatic carbocycles. The second kappa shape index (κ2) is 5.65. The van der Waals surface area contributed by atoms with E-state index in [1.54, 1.807) is 8.61 Å². The first-order chi connectivity index (χ1) is 8.14. The summed E-state index contributed by atoms with van der Waals surface area (Å²) < 4.78 is 33.2. The third-order valence-electron chi connectivity index (χ3n) is 3.68. The van der Waals surface area contributed by atoms with E-state index in [9.17, 15) is 8.42 Å². The molecule has 5 nitrogen and oxygen atoms in total. The zero-order valence-corrected chi connectivity index (χ0v) is 11.3. The van der Waals surface area contributed by atoms with Crippen molar-refractivity contribution in [3.63, 3.8) is 0 Å². The molecule has 6 heteroatoms. The standard InChI is InChI=1S/C11H22N2O3S/c1-2-11-4-3-5-13(10-11)17(14,15)12-6-8-16-9-7-12/h11H,2-10H2,1H3. The maximum absolute atomic E-state index is 12.4. The molecule has 0 aromatic carbocycles. The largest absolute Gasteiger partial charge is 0.379 e. The molecule has 0 N–H and O–H groups in total. The second-order valence-corrected chi connectivity index (χ2v) is 6.72. The number of hydrogen-bond donors (Lipinski definition) is 0. The van der Waals surface area contributed by atoms with Gasteiger partial charge in [0.2, 0.25) is 0 Å². The highest BCUT2D eigenvalue weighted by Gasteiger charge is 2.33. The summed E-state index contributed by atoms with van der Waals surface area (Å²) in [6.45, 7) is 5.53. The van der Waals surface area contributed by atoms with Crippen molar-refractivity contribution in [1.29, 1.82) is 0 Å². The van der Waals surface area contributed by atoms with Crippen LogP contribution in [0, 0.1) is 5.92 Å². The fourth-order valence-electron chi connectivity index (χ4n) is 2.51. The molecule has 2 rings (SSSR count). The van der Waals surface area contributed by atoms with Gasteiger partial charge in [0.25, 0.3) is 10.2 Å². The van der Waals surface area contributed by atoms with Crippen molar-refractivity contribution in [2.24, 2.45) is 5.92 Å². The first-order valence-corrected chi connectivity index (χ1v) is 7.87. The van der Waals surface area contributed by atoms with Crippen molar-refractivity contribution in [3.05, 3.63) is 0 Å². The van der Waals surface area contributed by atoms with Crippen LogP contribution in [0.4, 0.5) is 0 Å². The third-order valence-corrected chi connectivity index (χ3v) is 5.68. The van der Waals surface area contributed by atoms with Crippen molar-refractivity contribution in [1.82, 2.24) is 8.61 Å². The summed E-state index contributed by atoms with van der Waals surface area (Å²) in [6.07, 6.45) is 3.21. The zero-order chi connectivity index (χ0) is 12.3. The molecular weight excluding hydrogens is 240 g/mol. The summed E-state index contributed by atoms with van der Waals surface area (Å²) in [7, 11) is -3.24. The maximum Gasteiger partial charge on any atom is 0.282 e. The molecule has 2 aliphatic rings. The lowest BCUT2D eigenvalue weighted by atomic mass is 9.97. The Bertz CT molecular complexity index is 339. The maximum atomic E-state index is 12.4. The van der Waals surface area contributed by atoms with Crippen LogP contribution in [0.3, 0.4) is 0 Å². The van der Waals surface area contributed by atoms with E-state index in [1.807, 2.05) is 0 Å². The van der Waals surface area contributed by atoms with E-state index in [1.165, 1.54) is 0 Å². The van der Waals surface area contributed by atoms with Gasteiger partial charge < -0.3 is 4.74 Å². The SMILES string of the molecule is CCC1CCCN(S(=O)(=O)N2CCOCC2)C1. The van der Waals surface area contributed by atoms with Gasteiger partial charge in [-0.05, 0) is 18.8 Å². The molecule has 100 valence electrons. The highest BCUT2D eigenvalue weighted by molar-refractivity contribution is 7.86. The zero-order valence-electron chi connectivity index (χ0n) is 10.5. The van der Waals surface area contributed by atoms with Crippen LogP contribution in [0.25, 0.3) is 0 Å². The molecule has 0 radical (unpaired) electrons. The van der Waals surface area contributed by atoms with E-state index >= 15 is 0 Å². The lowest BCUT2D eigenvalue weighted by molar-refractivity contribution is 0.0690. The summed E-state index contributed by atoms with van der Waals surface area (Å²) in [5.74, 6) is 0.527. The van der Waals surface area contributed by atoms with E-state index < -0.39 is 10.2 Å². The Kier molecular flexibility index (Phi) is 4.41. The first kappa shape index (κ1) is 13.3. The molecule has 1 unspecified atom stereocenters. The van der Waals surface area contributed by atoms with E-state index in [4.69, 9.17) is 4.74 Å². The Labute approximate surface area is 104 Å². The fraction of sp³-hybridized carbons (Fsp3) is 1.00. The molecule has 0 amide bonds. The number of rotatable bonds is 3. The van der Waals surface area contributed by atoms with Crippen molar-refractivity contribution >= 4 is 10.2 Å². The van der Waals surface area contributed by atoms with Gasteiger partial charge >= 0.3 is 0 Å². The Morgan fingerprint density at radius 2 is 1.88 bits per heavy atom. The first-order valence-electron chi connectivity index (χ1n) is 6.47. The van der Waals surface area contributed by atoms with Gasteiger partial charge in [0, 0.05) is 26.2 Å². The summed E-state index contributed by atoms with van der Waals surface area (Å²) >= 11 is 0. The fourth-order valence-corrected chi connectivity index (χ4v) is 4.21. The predicted molar refractivity (Wildman–Crippen MR) is 65.9 cm³/mol. The quantitative estimate of drug-likeness (QED) is 0.752. The van der Waals surface area contributed by atoms with Gasteiger partial charge in [0.05, 0.1) is 13.2 Å². The summed E-state index contributed by atoms with van der Waals surface area (Å²) in [4.78, 5) is 0. The van der Waals surface area contributed by atoms with E-state index in [0.29, 0.717) is 45.3 Å². The molecule has 0 bridgehead atoms. The molecule has 2 aliphatic heterocycles. The molecule has 0 spiro atoms. The number of morpholine rings is 1. The Hall–Kier alpha value is -0.170. The highest BCUT2D eigenvalue weighted by atomic mass is 32.2. The van der Waals surface area contributed by atoms with Gasteiger partial charge in [-0.15, -0.1) is 0 Å². The van der Waals surface area contributed by atoms with Crippen LogP contribution < -0.4 is 0 Å². The Morgan fingerprint density at radius 1 is 1.18 bits per heavy atom. The van der Waals surface area contributed by atoms with E-state index in [-0.39, 0.29) is 0 Å². The van der Waals surface area contributed by atoms with Gasteiger partial charge in [-0.25, -0.2) is 0 Å². The van der Waals surface area contributed by atoms with E-state index in [0.717, 1.165) is 19.3 Å².